The van der Waals surface area contributed by atoms with Crippen LogP contribution in [0.15, 0.2) is 18.3 Å². The monoisotopic (exact) mass is 304 g/mol. The van der Waals surface area contributed by atoms with E-state index < -0.39 is 4.92 Å². The molecule has 1 aromatic heterocycles. The first-order valence-corrected chi connectivity index (χ1v) is 6.16. The normalized spacial score (nSPS) is 10.0. The second-order valence-electron chi connectivity index (χ2n) is 4.24. The molecule has 0 N–H and O–H groups in total. The average Bonchev–Trinajstić information content (AvgIpc) is 2.42. The van der Waals surface area contributed by atoms with E-state index in [0.717, 1.165) is 6.20 Å². The number of nitriles is 1. The van der Waals surface area contributed by atoms with E-state index in [0.29, 0.717) is 22.4 Å². The zero-order valence-electron chi connectivity index (χ0n) is 11.1. The van der Waals surface area contributed by atoms with E-state index in [1.807, 2.05) is 6.07 Å². The molecule has 8 heteroatoms. The highest BCUT2D eigenvalue weighted by molar-refractivity contribution is 6.28. The van der Waals surface area contributed by atoms with E-state index in [1.54, 1.807) is 26.0 Å². The average molecular weight is 305 g/mol. The number of benzene rings is 1. The molecule has 0 spiro atoms. The van der Waals surface area contributed by atoms with Crippen LogP contribution in [-0.2, 0) is 0 Å². The van der Waals surface area contributed by atoms with Gasteiger partial charge in [0.2, 0.25) is 5.28 Å². The molecule has 0 aliphatic carbocycles. The number of ether oxygens (including phenoxy) is 1. The van der Waals surface area contributed by atoms with Crippen molar-refractivity contribution in [3.63, 3.8) is 0 Å². The molecule has 0 bridgehead atoms. The van der Waals surface area contributed by atoms with Crippen molar-refractivity contribution in [3.8, 4) is 17.7 Å². The third-order valence-corrected chi connectivity index (χ3v) is 2.87. The van der Waals surface area contributed by atoms with Gasteiger partial charge in [-0.05, 0) is 48.7 Å². The predicted molar refractivity (Wildman–Crippen MR) is 74.4 cm³/mol. The van der Waals surface area contributed by atoms with Crippen LogP contribution in [0.4, 0.5) is 5.69 Å². The Kier molecular flexibility index (Phi) is 4.00. The van der Waals surface area contributed by atoms with E-state index in [1.165, 1.54) is 0 Å². The number of aromatic nitrogens is 2. The van der Waals surface area contributed by atoms with E-state index in [2.05, 4.69) is 9.97 Å². The van der Waals surface area contributed by atoms with Crippen LogP contribution in [0.2, 0.25) is 5.28 Å². The van der Waals surface area contributed by atoms with E-state index in [4.69, 9.17) is 21.6 Å². The topological polar surface area (TPSA) is 102 Å². The number of nitrogens with zero attached hydrogens (tertiary/aromatic N) is 4. The van der Waals surface area contributed by atoms with Crippen molar-refractivity contribution in [2.24, 2.45) is 0 Å². The summed E-state index contributed by atoms with van der Waals surface area (Å²) in [5.41, 5.74) is 1.42. The summed E-state index contributed by atoms with van der Waals surface area (Å²) < 4.78 is 5.53. The Hall–Kier alpha value is -2.72. The lowest BCUT2D eigenvalue weighted by atomic mass is 10.1. The second kappa shape index (κ2) is 5.73. The Balaban J connectivity index is 2.51. The Morgan fingerprint density at radius 2 is 2.00 bits per heavy atom. The van der Waals surface area contributed by atoms with Crippen LogP contribution >= 0.6 is 11.6 Å². The van der Waals surface area contributed by atoms with Crippen LogP contribution < -0.4 is 4.74 Å². The highest BCUT2D eigenvalue weighted by Crippen LogP contribution is 2.33. The van der Waals surface area contributed by atoms with Crippen LogP contribution in [0.1, 0.15) is 16.7 Å². The van der Waals surface area contributed by atoms with Gasteiger partial charge in [0.25, 0.3) is 0 Å². The minimum Gasteiger partial charge on any atom is -0.433 e. The van der Waals surface area contributed by atoms with E-state index in [9.17, 15) is 10.1 Å². The van der Waals surface area contributed by atoms with Crippen molar-refractivity contribution in [3.05, 3.63) is 50.4 Å². The number of hydrogen-bond acceptors (Lipinski definition) is 6. The Morgan fingerprint density at radius 1 is 1.38 bits per heavy atom. The maximum absolute atomic E-state index is 11.0. The zero-order chi connectivity index (χ0) is 15.6. The maximum atomic E-state index is 11.0. The molecule has 0 radical (unpaired) electrons. The van der Waals surface area contributed by atoms with Crippen molar-refractivity contribution >= 4 is 17.3 Å². The maximum Gasteiger partial charge on any atom is 0.349 e. The molecule has 2 aromatic rings. The number of hydrogen-bond donors (Lipinski definition) is 0. The standard InChI is InChI=1S/C13H9ClN4O3/c1-7-3-9(5-15)4-8(2)11(7)21-12-10(18(19)20)6-16-13(14)17-12/h3-4,6H,1-2H3. The number of halogens is 1. The Morgan fingerprint density at radius 3 is 2.52 bits per heavy atom. The van der Waals surface area contributed by atoms with Crippen LogP contribution in [0.3, 0.4) is 0 Å². The molecule has 7 nitrogen and oxygen atoms in total. The first-order chi connectivity index (χ1) is 9.92. The SMILES string of the molecule is Cc1cc(C#N)cc(C)c1Oc1nc(Cl)ncc1[N+](=O)[O-]. The van der Waals surface area contributed by atoms with Crippen LogP contribution in [0, 0.1) is 35.3 Å². The molecular weight excluding hydrogens is 296 g/mol. The van der Waals surface area contributed by atoms with Gasteiger partial charge in [-0.2, -0.15) is 10.2 Å². The van der Waals surface area contributed by atoms with Crippen LogP contribution in [0.5, 0.6) is 11.6 Å². The highest BCUT2D eigenvalue weighted by atomic mass is 35.5. The molecule has 0 aliphatic heterocycles. The molecule has 0 saturated heterocycles. The smallest absolute Gasteiger partial charge is 0.349 e. The number of rotatable bonds is 3. The lowest BCUT2D eigenvalue weighted by Crippen LogP contribution is -2.00. The zero-order valence-corrected chi connectivity index (χ0v) is 11.9. The summed E-state index contributed by atoms with van der Waals surface area (Å²) in [5, 5.41) is 19.7. The first kappa shape index (κ1) is 14.7. The minimum atomic E-state index is -0.653. The van der Waals surface area contributed by atoms with Gasteiger partial charge in [-0.15, -0.1) is 0 Å². The van der Waals surface area contributed by atoms with Gasteiger partial charge in [-0.1, -0.05) is 0 Å². The van der Waals surface area contributed by atoms with Gasteiger partial charge in [-0.3, -0.25) is 10.1 Å². The third-order valence-electron chi connectivity index (χ3n) is 2.69. The molecular formula is C13H9ClN4O3. The second-order valence-corrected chi connectivity index (χ2v) is 4.58. The molecule has 0 saturated carbocycles. The quantitative estimate of drug-likeness (QED) is 0.489. The number of nitro groups is 1. The molecule has 2 rings (SSSR count). The molecule has 1 heterocycles. The minimum absolute atomic E-state index is 0.153. The van der Waals surface area contributed by atoms with E-state index >= 15 is 0 Å². The molecule has 0 aliphatic rings. The van der Waals surface area contributed by atoms with Crippen molar-refractivity contribution in [2.75, 3.05) is 0 Å². The molecule has 0 fully saturated rings. The fraction of sp³-hybridized carbons (Fsp3) is 0.154. The lowest BCUT2D eigenvalue weighted by molar-refractivity contribution is -0.386. The van der Waals surface area contributed by atoms with Crippen molar-refractivity contribution in [1.82, 2.24) is 9.97 Å². The number of aryl methyl sites for hydroxylation is 2. The molecule has 0 atom stereocenters. The largest absolute Gasteiger partial charge is 0.433 e. The van der Waals surface area contributed by atoms with Gasteiger partial charge < -0.3 is 4.74 Å². The van der Waals surface area contributed by atoms with Crippen molar-refractivity contribution in [2.45, 2.75) is 13.8 Å². The molecule has 21 heavy (non-hydrogen) atoms. The van der Waals surface area contributed by atoms with Gasteiger partial charge in [0.15, 0.2) is 0 Å². The van der Waals surface area contributed by atoms with E-state index in [-0.39, 0.29) is 16.9 Å². The Bertz CT molecular complexity index is 747. The summed E-state index contributed by atoms with van der Waals surface area (Å²) in [4.78, 5) is 17.6. The summed E-state index contributed by atoms with van der Waals surface area (Å²) in [7, 11) is 0. The molecule has 1 aromatic carbocycles. The summed E-state index contributed by atoms with van der Waals surface area (Å²) in [6.07, 6.45) is 0.985. The predicted octanol–water partition coefficient (Wildman–Crippen LogP) is 3.32. The van der Waals surface area contributed by atoms with Crippen molar-refractivity contribution < 1.29 is 9.66 Å². The Labute approximate surface area is 124 Å². The summed E-state index contributed by atoms with van der Waals surface area (Å²) in [6.45, 7) is 3.47. The van der Waals surface area contributed by atoms with Crippen LogP contribution in [-0.4, -0.2) is 14.9 Å². The summed E-state index contributed by atoms with van der Waals surface area (Å²) in [5.74, 6) is 0.155. The molecule has 106 valence electrons. The van der Waals surface area contributed by atoms with Gasteiger partial charge in [0.05, 0.1) is 16.6 Å². The van der Waals surface area contributed by atoms with Gasteiger partial charge in [0.1, 0.15) is 11.9 Å². The molecule has 0 unspecified atom stereocenters. The van der Waals surface area contributed by atoms with Gasteiger partial charge >= 0.3 is 11.6 Å². The fourth-order valence-electron chi connectivity index (χ4n) is 1.81. The highest BCUT2D eigenvalue weighted by Gasteiger charge is 2.21. The van der Waals surface area contributed by atoms with Crippen molar-refractivity contribution in [1.29, 1.82) is 5.26 Å². The summed E-state index contributed by atoms with van der Waals surface area (Å²) in [6, 6.07) is 5.27. The fourth-order valence-corrected chi connectivity index (χ4v) is 1.94. The third kappa shape index (κ3) is 3.07. The van der Waals surface area contributed by atoms with Crippen LogP contribution in [0.25, 0.3) is 0 Å². The first-order valence-electron chi connectivity index (χ1n) is 5.78. The lowest BCUT2D eigenvalue weighted by Gasteiger charge is -2.11. The molecule has 0 amide bonds. The van der Waals surface area contributed by atoms with Gasteiger partial charge in [-0.25, -0.2) is 4.98 Å². The summed E-state index contributed by atoms with van der Waals surface area (Å²) >= 11 is 5.65. The van der Waals surface area contributed by atoms with Gasteiger partial charge in [0, 0.05) is 0 Å².